The highest BCUT2D eigenvalue weighted by atomic mass is 32.2. The van der Waals surface area contributed by atoms with E-state index < -0.39 is 5.60 Å². The number of hydrogen-bond donors (Lipinski definition) is 1. The Bertz CT molecular complexity index is 324. The lowest BCUT2D eigenvalue weighted by molar-refractivity contribution is 0.0288. The third-order valence-corrected chi connectivity index (χ3v) is 5.01. The van der Waals surface area contributed by atoms with E-state index >= 15 is 0 Å². The van der Waals surface area contributed by atoms with E-state index in [0.717, 1.165) is 26.1 Å². The van der Waals surface area contributed by atoms with Crippen LogP contribution in [0.3, 0.4) is 0 Å². The summed E-state index contributed by atoms with van der Waals surface area (Å²) in [6, 6.07) is 0.671. The molecule has 0 spiro atoms. The summed E-state index contributed by atoms with van der Waals surface area (Å²) >= 11 is 2.05. The fourth-order valence-corrected chi connectivity index (χ4v) is 3.83. The van der Waals surface area contributed by atoms with Crippen LogP contribution in [0, 0.1) is 5.92 Å². The summed E-state index contributed by atoms with van der Waals surface area (Å²) in [5, 5.41) is 3.67. The molecule has 0 radical (unpaired) electrons. The first-order chi connectivity index (χ1) is 9.44. The third-order valence-electron chi connectivity index (χ3n) is 3.79. The van der Waals surface area contributed by atoms with Crippen molar-refractivity contribution < 1.29 is 9.53 Å². The summed E-state index contributed by atoms with van der Waals surface area (Å²) in [6.45, 7) is 8.45. The van der Waals surface area contributed by atoms with Crippen LogP contribution in [0.5, 0.6) is 0 Å². The summed E-state index contributed by atoms with van der Waals surface area (Å²) in [6.07, 6.45) is 3.56. The zero-order valence-corrected chi connectivity index (χ0v) is 13.8. The highest BCUT2D eigenvalue weighted by Crippen LogP contribution is 2.21. The van der Waals surface area contributed by atoms with E-state index in [1.165, 1.54) is 24.3 Å². The molecule has 1 amide bonds. The van der Waals surface area contributed by atoms with E-state index in [2.05, 4.69) is 17.1 Å². The molecule has 2 aliphatic rings. The standard InChI is InChI=1S/C15H28N2O2S/c1-15(2,3)19-14(18)17-7-6-12(10-17)9-16-13-5-4-8-20-11-13/h12-13,16H,4-11H2,1-3H3. The molecule has 5 heteroatoms. The van der Waals surface area contributed by atoms with E-state index in [1.807, 2.05) is 25.7 Å². The number of carbonyl (C=O) groups is 1. The topological polar surface area (TPSA) is 41.6 Å². The number of rotatable bonds is 3. The molecule has 2 saturated heterocycles. The van der Waals surface area contributed by atoms with Gasteiger partial charge in [0.15, 0.2) is 0 Å². The van der Waals surface area contributed by atoms with Crippen LogP contribution in [0.15, 0.2) is 0 Å². The van der Waals surface area contributed by atoms with Gasteiger partial charge in [0.1, 0.15) is 5.60 Å². The van der Waals surface area contributed by atoms with E-state index in [4.69, 9.17) is 4.74 Å². The molecule has 116 valence electrons. The SMILES string of the molecule is CC(C)(C)OC(=O)N1CCC(CNC2CCCSC2)C1. The van der Waals surface area contributed by atoms with Crippen LogP contribution < -0.4 is 5.32 Å². The molecule has 0 aromatic rings. The highest BCUT2D eigenvalue weighted by Gasteiger charge is 2.30. The van der Waals surface area contributed by atoms with Crippen molar-refractivity contribution in [2.24, 2.45) is 5.92 Å². The summed E-state index contributed by atoms with van der Waals surface area (Å²) in [5.74, 6) is 3.13. The lowest BCUT2D eigenvalue weighted by Crippen LogP contribution is -2.39. The summed E-state index contributed by atoms with van der Waals surface area (Å²) in [7, 11) is 0. The molecule has 2 heterocycles. The minimum Gasteiger partial charge on any atom is -0.444 e. The molecule has 0 aromatic carbocycles. The molecule has 2 atom stereocenters. The Hall–Kier alpha value is -0.420. The molecule has 1 N–H and O–H groups in total. The van der Waals surface area contributed by atoms with Crippen molar-refractivity contribution >= 4 is 17.9 Å². The van der Waals surface area contributed by atoms with Gasteiger partial charge < -0.3 is 15.0 Å². The predicted octanol–water partition coefficient (Wildman–Crippen LogP) is 2.73. The molecular formula is C15H28N2O2S. The van der Waals surface area contributed by atoms with E-state index in [9.17, 15) is 4.79 Å². The summed E-state index contributed by atoms with van der Waals surface area (Å²) in [5.41, 5.74) is -0.396. The third kappa shape index (κ3) is 5.17. The van der Waals surface area contributed by atoms with Crippen molar-refractivity contribution in [3.63, 3.8) is 0 Å². The van der Waals surface area contributed by atoms with Gasteiger partial charge in [-0.25, -0.2) is 4.79 Å². The monoisotopic (exact) mass is 300 g/mol. The second-order valence-electron chi connectivity index (χ2n) is 6.90. The first-order valence-corrected chi connectivity index (χ1v) is 8.88. The van der Waals surface area contributed by atoms with Gasteiger partial charge in [-0.1, -0.05) is 0 Å². The first kappa shape index (κ1) is 16.0. The maximum absolute atomic E-state index is 12.0. The van der Waals surface area contributed by atoms with Crippen LogP contribution in [0.1, 0.15) is 40.0 Å². The molecule has 0 saturated carbocycles. The Morgan fingerprint density at radius 3 is 2.85 bits per heavy atom. The number of nitrogens with one attached hydrogen (secondary N) is 1. The van der Waals surface area contributed by atoms with E-state index in [0.29, 0.717) is 12.0 Å². The van der Waals surface area contributed by atoms with Crippen LogP contribution in [-0.4, -0.2) is 53.8 Å². The Labute approximate surface area is 127 Å². The maximum Gasteiger partial charge on any atom is 0.410 e. The molecule has 2 rings (SSSR count). The number of thioether (sulfide) groups is 1. The van der Waals surface area contributed by atoms with Crippen molar-refractivity contribution in [2.45, 2.75) is 51.7 Å². The summed E-state index contributed by atoms with van der Waals surface area (Å²) < 4.78 is 5.43. The minimum absolute atomic E-state index is 0.159. The van der Waals surface area contributed by atoms with Gasteiger partial charge in [0.25, 0.3) is 0 Å². The molecule has 2 unspecified atom stereocenters. The lowest BCUT2D eigenvalue weighted by atomic mass is 10.1. The van der Waals surface area contributed by atoms with Crippen molar-refractivity contribution in [1.82, 2.24) is 10.2 Å². The summed E-state index contributed by atoms with van der Waals surface area (Å²) in [4.78, 5) is 13.8. The van der Waals surface area contributed by atoms with Crippen molar-refractivity contribution in [2.75, 3.05) is 31.1 Å². The number of carbonyl (C=O) groups excluding carboxylic acids is 1. The minimum atomic E-state index is -0.396. The average molecular weight is 300 g/mol. The number of likely N-dealkylation sites (tertiary alicyclic amines) is 1. The Kier molecular flexibility index (Phi) is 5.61. The average Bonchev–Trinajstić information content (AvgIpc) is 2.84. The van der Waals surface area contributed by atoms with Gasteiger partial charge in [0, 0.05) is 31.4 Å². The molecule has 20 heavy (non-hydrogen) atoms. The van der Waals surface area contributed by atoms with Crippen LogP contribution in [0.25, 0.3) is 0 Å². The van der Waals surface area contributed by atoms with Gasteiger partial charge in [-0.3, -0.25) is 0 Å². The normalized spacial score (nSPS) is 27.6. The Balaban J connectivity index is 1.68. The number of nitrogens with zero attached hydrogens (tertiary/aromatic N) is 1. The number of amides is 1. The maximum atomic E-state index is 12.0. The smallest absolute Gasteiger partial charge is 0.410 e. The van der Waals surface area contributed by atoms with Gasteiger partial charge in [-0.05, 0) is 51.7 Å². The van der Waals surface area contributed by atoms with Gasteiger partial charge >= 0.3 is 6.09 Å². The van der Waals surface area contributed by atoms with Crippen molar-refractivity contribution in [3.05, 3.63) is 0 Å². The zero-order valence-electron chi connectivity index (χ0n) is 13.0. The quantitative estimate of drug-likeness (QED) is 0.870. The fourth-order valence-electron chi connectivity index (χ4n) is 2.73. The molecule has 2 fully saturated rings. The number of ether oxygens (including phenoxy) is 1. The molecule has 0 bridgehead atoms. The van der Waals surface area contributed by atoms with Crippen LogP contribution in [0.2, 0.25) is 0 Å². The zero-order chi connectivity index (χ0) is 14.6. The molecule has 0 aliphatic carbocycles. The first-order valence-electron chi connectivity index (χ1n) is 7.73. The fraction of sp³-hybridized carbons (Fsp3) is 0.933. The van der Waals surface area contributed by atoms with Gasteiger partial charge in [0.05, 0.1) is 0 Å². The molecule has 0 aromatic heterocycles. The lowest BCUT2D eigenvalue weighted by Gasteiger charge is -2.25. The van der Waals surface area contributed by atoms with Crippen LogP contribution in [0.4, 0.5) is 4.79 Å². The van der Waals surface area contributed by atoms with E-state index in [1.54, 1.807) is 0 Å². The Morgan fingerprint density at radius 1 is 1.40 bits per heavy atom. The highest BCUT2D eigenvalue weighted by molar-refractivity contribution is 7.99. The van der Waals surface area contributed by atoms with Gasteiger partial charge in [-0.15, -0.1) is 0 Å². The second kappa shape index (κ2) is 7.03. The van der Waals surface area contributed by atoms with Gasteiger partial charge in [-0.2, -0.15) is 11.8 Å². The van der Waals surface area contributed by atoms with Crippen molar-refractivity contribution in [3.8, 4) is 0 Å². The van der Waals surface area contributed by atoms with Crippen LogP contribution in [-0.2, 0) is 4.74 Å². The predicted molar refractivity (Wildman–Crippen MR) is 84.3 cm³/mol. The molecular weight excluding hydrogens is 272 g/mol. The number of hydrogen-bond acceptors (Lipinski definition) is 4. The van der Waals surface area contributed by atoms with Gasteiger partial charge in [0.2, 0.25) is 0 Å². The Morgan fingerprint density at radius 2 is 2.20 bits per heavy atom. The largest absolute Gasteiger partial charge is 0.444 e. The molecule has 2 aliphatic heterocycles. The van der Waals surface area contributed by atoms with Crippen LogP contribution >= 0.6 is 11.8 Å². The van der Waals surface area contributed by atoms with Crippen molar-refractivity contribution in [1.29, 1.82) is 0 Å². The van der Waals surface area contributed by atoms with E-state index in [-0.39, 0.29) is 6.09 Å². The molecule has 4 nitrogen and oxygen atoms in total. The second-order valence-corrected chi connectivity index (χ2v) is 8.05.